The minimum atomic E-state index is -0.611. The highest BCUT2D eigenvalue weighted by Crippen LogP contribution is 2.35. The molecule has 6 nitrogen and oxygen atoms in total. The molecule has 0 unspecified atom stereocenters. The zero-order valence-electron chi connectivity index (χ0n) is 16.1. The molecule has 1 atom stereocenters. The largest absolute Gasteiger partial charge is 0.354 e. The van der Waals surface area contributed by atoms with E-state index in [9.17, 15) is 9.59 Å². The smallest absolute Gasteiger partial charge is 0.229 e. The first-order chi connectivity index (χ1) is 10.9. The van der Waals surface area contributed by atoms with Gasteiger partial charge in [0.1, 0.15) is 11.4 Å². The summed E-state index contributed by atoms with van der Waals surface area (Å²) in [4.78, 5) is 29.5. The quantitative estimate of drug-likeness (QED) is 0.790. The van der Waals surface area contributed by atoms with Gasteiger partial charge in [0, 0.05) is 19.5 Å². The fourth-order valence-corrected chi connectivity index (χ4v) is 3.51. The van der Waals surface area contributed by atoms with Crippen LogP contribution in [0.25, 0.3) is 0 Å². The standard InChI is InChI=1S/C18H32N2O4/c1-16(2,3)13(15(22)20-9-11-24-18(20,6)7)12-14(21)19-8-10-23-17(19,4)5/h13H,8-12H2,1-7H3/t13-/m0/s1. The van der Waals surface area contributed by atoms with Crippen LogP contribution in [0.3, 0.4) is 0 Å². The van der Waals surface area contributed by atoms with Crippen molar-refractivity contribution in [3.05, 3.63) is 0 Å². The number of carbonyl (C=O) groups excluding carboxylic acids is 2. The van der Waals surface area contributed by atoms with Crippen molar-refractivity contribution in [2.24, 2.45) is 11.3 Å². The SMILES string of the molecule is CC(C)(C)[C@@H](CC(=O)N1CCOC1(C)C)C(=O)N1CCOC1(C)C. The Hall–Kier alpha value is -1.14. The van der Waals surface area contributed by atoms with Crippen molar-refractivity contribution in [2.75, 3.05) is 26.3 Å². The van der Waals surface area contributed by atoms with Crippen LogP contribution in [0, 0.1) is 11.3 Å². The molecule has 2 saturated heterocycles. The number of hydrogen-bond acceptors (Lipinski definition) is 4. The van der Waals surface area contributed by atoms with E-state index in [4.69, 9.17) is 9.47 Å². The first-order valence-corrected chi connectivity index (χ1v) is 8.76. The second-order valence-electron chi connectivity index (χ2n) is 8.75. The van der Waals surface area contributed by atoms with E-state index in [0.29, 0.717) is 26.3 Å². The van der Waals surface area contributed by atoms with Crippen molar-refractivity contribution < 1.29 is 19.1 Å². The van der Waals surface area contributed by atoms with E-state index in [-0.39, 0.29) is 29.6 Å². The molecule has 0 aromatic carbocycles. The van der Waals surface area contributed by atoms with Crippen LogP contribution < -0.4 is 0 Å². The molecule has 6 heteroatoms. The zero-order valence-corrected chi connectivity index (χ0v) is 16.1. The van der Waals surface area contributed by atoms with Crippen LogP contribution in [0.15, 0.2) is 0 Å². The molecule has 2 heterocycles. The maximum absolute atomic E-state index is 13.2. The molecule has 0 spiro atoms. The van der Waals surface area contributed by atoms with E-state index in [1.54, 1.807) is 9.80 Å². The number of rotatable bonds is 3. The molecule has 0 aromatic heterocycles. The first kappa shape index (κ1) is 19.2. The predicted octanol–water partition coefficient (Wildman–Crippen LogP) is 2.23. The van der Waals surface area contributed by atoms with Crippen LogP contribution in [0.5, 0.6) is 0 Å². The van der Waals surface area contributed by atoms with Gasteiger partial charge in [0.25, 0.3) is 0 Å². The number of ether oxygens (including phenoxy) is 2. The van der Waals surface area contributed by atoms with Gasteiger partial charge in [-0.3, -0.25) is 9.59 Å². The third-order valence-corrected chi connectivity index (χ3v) is 5.13. The molecule has 0 saturated carbocycles. The van der Waals surface area contributed by atoms with Gasteiger partial charge in [0.05, 0.1) is 19.1 Å². The number of amides is 2. The summed E-state index contributed by atoms with van der Waals surface area (Å²) in [6.07, 6.45) is 0.196. The maximum atomic E-state index is 13.2. The van der Waals surface area contributed by atoms with Crippen LogP contribution in [0.2, 0.25) is 0 Å². The van der Waals surface area contributed by atoms with Crippen molar-refractivity contribution in [3.63, 3.8) is 0 Å². The topological polar surface area (TPSA) is 59.1 Å². The lowest BCUT2D eigenvalue weighted by Crippen LogP contribution is -2.51. The van der Waals surface area contributed by atoms with Crippen LogP contribution in [0.1, 0.15) is 54.9 Å². The Bertz CT molecular complexity index is 508. The lowest BCUT2D eigenvalue weighted by Gasteiger charge is -2.38. The van der Waals surface area contributed by atoms with Crippen molar-refractivity contribution in [1.82, 2.24) is 9.80 Å². The second kappa shape index (κ2) is 6.30. The van der Waals surface area contributed by atoms with E-state index in [1.165, 1.54) is 0 Å². The third kappa shape index (κ3) is 3.75. The Labute approximate surface area is 145 Å². The average Bonchev–Trinajstić information content (AvgIpc) is 2.95. The van der Waals surface area contributed by atoms with Crippen LogP contribution >= 0.6 is 0 Å². The minimum Gasteiger partial charge on any atom is -0.354 e. The summed E-state index contributed by atoms with van der Waals surface area (Å²) in [5.74, 6) is -0.414. The Balaban J connectivity index is 2.18. The number of nitrogens with zero attached hydrogens (tertiary/aromatic N) is 2. The van der Waals surface area contributed by atoms with Crippen molar-refractivity contribution in [2.45, 2.75) is 66.3 Å². The van der Waals surface area contributed by atoms with Gasteiger partial charge in [-0.25, -0.2) is 0 Å². The van der Waals surface area contributed by atoms with Gasteiger partial charge in [-0.2, -0.15) is 0 Å². The highest BCUT2D eigenvalue weighted by atomic mass is 16.5. The second-order valence-corrected chi connectivity index (χ2v) is 8.75. The lowest BCUT2D eigenvalue weighted by molar-refractivity contribution is -0.158. The van der Waals surface area contributed by atoms with Crippen molar-refractivity contribution >= 4 is 11.8 Å². The van der Waals surface area contributed by atoms with Gasteiger partial charge in [0.2, 0.25) is 11.8 Å². The van der Waals surface area contributed by atoms with E-state index in [1.807, 2.05) is 48.5 Å². The summed E-state index contributed by atoms with van der Waals surface area (Å²) in [6, 6.07) is 0. The molecule has 2 rings (SSSR count). The fraction of sp³-hybridized carbons (Fsp3) is 0.889. The zero-order chi connectivity index (χ0) is 18.3. The molecule has 0 aliphatic carbocycles. The molecular formula is C18H32N2O4. The van der Waals surface area contributed by atoms with E-state index < -0.39 is 11.4 Å². The molecule has 2 aliphatic rings. The van der Waals surface area contributed by atoms with Crippen LogP contribution in [-0.2, 0) is 19.1 Å². The molecule has 0 N–H and O–H groups in total. The van der Waals surface area contributed by atoms with Gasteiger partial charge in [-0.05, 0) is 33.1 Å². The normalized spacial score (nSPS) is 24.3. The summed E-state index contributed by atoms with van der Waals surface area (Å²) >= 11 is 0. The first-order valence-electron chi connectivity index (χ1n) is 8.76. The highest BCUT2D eigenvalue weighted by Gasteiger charge is 2.45. The van der Waals surface area contributed by atoms with Crippen molar-refractivity contribution in [1.29, 1.82) is 0 Å². The van der Waals surface area contributed by atoms with Gasteiger partial charge < -0.3 is 19.3 Å². The van der Waals surface area contributed by atoms with Crippen LogP contribution in [0.4, 0.5) is 0 Å². The summed E-state index contributed by atoms with van der Waals surface area (Å²) in [6.45, 7) is 15.9. The maximum Gasteiger partial charge on any atom is 0.229 e. The van der Waals surface area contributed by atoms with Gasteiger partial charge in [-0.15, -0.1) is 0 Å². The van der Waals surface area contributed by atoms with E-state index in [2.05, 4.69) is 0 Å². The average molecular weight is 340 g/mol. The lowest BCUT2D eigenvalue weighted by atomic mass is 9.77. The van der Waals surface area contributed by atoms with E-state index in [0.717, 1.165) is 0 Å². The molecule has 138 valence electrons. The minimum absolute atomic E-state index is 0.00345. The molecule has 2 aliphatic heterocycles. The number of carbonyl (C=O) groups is 2. The molecule has 0 aromatic rings. The van der Waals surface area contributed by atoms with Gasteiger partial charge >= 0.3 is 0 Å². The Morgan fingerprint density at radius 1 is 0.958 bits per heavy atom. The predicted molar refractivity (Wildman–Crippen MR) is 91.1 cm³/mol. The molecule has 0 radical (unpaired) electrons. The van der Waals surface area contributed by atoms with Gasteiger partial charge in [0.15, 0.2) is 0 Å². The van der Waals surface area contributed by atoms with Crippen molar-refractivity contribution in [3.8, 4) is 0 Å². The molecule has 2 amide bonds. The third-order valence-electron chi connectivity index (χ3n) is 5.13. The Morgan fingerprint density at radius 3 is 1.79 bits per heavy atom. The highest BCUT2D eigenvalue weighted by molar-refractivity contribution is 5.87. The molecule has 0 bridgehead atoms. The summed E-state index contributed by atoms with van der Waals surface area (Å²) < 4.78 is 11.3. The monoisotopic (exact) mass is 340 g/mol. The molecule has 2 fully saturated rings. The molecular weight excluding hydrogens is 308 g/mol. The van der Waals surface area contributed by atoms with Crippen LogP contribution in [-0.4, -0.2) is 59.4 Å². The summed E-state index contributed by atoms with van der Waals surface area (Å²) in [5, 5.41) is 0. The van der Waals surface area contributed by atoms with E-state index >= 15 is 0 Å². The fourth-order valence-electron chi connectivity index (χ4n) is 3.51. The Kier molecular flexibility index (Phi) is 5.04. The van der Waals surface area contributed by atoms with Gasteiger partial charge in [-0.1, -0.05) is 20.8 Å². The number of hydrogen-bond donors (Lipinski definition) is 0. The molecule has 24 heavy (non-hydrogen) atoms. The summed E-state index contributed by atoms with van der Waals surface area (Å²) in [5.41, 5.74) is -1.52. The summed E-state index contributed by atoms with van der Waals surface area (Å²) in [7, 11) is 0. The Morgan fingerprint density at radius 2 is 1.42 bits per heavy atom.